The van der Waals surface area contributed by atoms with E-state index in [4.69, 9.17) is 30.5 Å². The summed E-state index contributed by atoms with van der Waals surface area (Å²) in [6, 6.07) is 19.9. The second-order valence-corrected chi connectivity index (χ2v) is 23.7. The van der Waals surface area contributed by atoms with Crippen LogP contribution in [0.1, 0.15) is 70.4 Å². The molecule has 5 aromatic rings. The van der Waals surface area contributed by atoms with Crippen LogP contribution in [0.15, 0.2) is 84.1 Å². The number of hydrogen-bond acceptors (Lipinski definition) is 18. The first kappa shape index (κ1) is 59.2. The van der Waals surface area contributed by atoms with Gasteiger partial charge in [0, 0.05) is 70.2 Å². The van der Waals surface area contributed by atoms with Crippen molar-refractivity contribution in [3.05, 3.63) is 101 Å². The first-order valence-electron chi connectivity index (χ1n) is 27.7. The van der Waals surface area contributed by atoms with E-state index in [2.05, 4.69) is 73.8 Å². The number of aromatic nitrogens is 4. The molecule has 0 aliphatic carbocycles. The molecule has 3 aliphatic rings. The third kappa shape index (κ3) is 17.3. The monoisotopic (exact) mass is 1130 g/mol. The van der Waals surface area contributed by atoms with Crippen molar-refractivity contribution in [2.75, 3.05) is 137 Å². The summed E-state index contributed by atoms with van der Waals surface area (Å²) in [6.07, 6.45) is 6.84. The van der Waals surface area contributed by atoms with Gasteiger partial charge in [-0.05, 0) is 133 Å². The van der Waals surface area contributed by atoms with Gasteiger partial charge in [-0.15, -0.1) is 0 Å². The molecule has 1 atom stereocenters. The van der Waals surface area contributed by atoms with E-state index in [9.17, 15) is 17.6 Å². The smallest absolute Gasteiger partial charge is 0.234 e. The Balaban J connectivity index is 0.664. The van der Waals surface area contributed by atoms with Crippen LogP contribution in [-0.4, -0.2) is 173 Å². The standard InChI is InChI=1S/C57H78ClFN12O7S/c1-40(2)78-51-34-47(42(5)32-50(51)66-57-61-36-48(58)56(67-57)65-49-13-6-7-14-52(49)79(73,74)41(3)4)43-15-19-69(20-16-43)38-55(72)60-17-26-75-28-30-77-31-29-76-27-25-68-21-23-70(24-22-68)54-35-53(62-39-63-54)64-45-11-9-18-71(37-45)46-12-8-10-44(59)33-46/h6-8,10,12-14,32-36,39-41,43,45H,9,11,15-31,37-38H2,1-5H3,(H,60,72)(H,62,63,64)(H2,61,65,66,67)/t45-/m1/s1. The second kappa shape index (κ2) is 29.0. The zero-order valence-corrected chi connectivity index (χ0v) is 47.8. The maximum atomic E-state index is 13.9. The number of benzene rings is 3. The zero-order chi connectivity index (χ0) is 55.7. The second-order valence-electron chi connectivity index (χ2n) is 20.8. The van der Waals surface area contributed by atoms with Crippen LogP contribution in [0.3, 0.4) is 0 Å². The largest absolute Gasteiger partial charge is 0.489 e. The lowest BCUT2D eigenvalue weighted by atomic mass is 9.86. The number of anilines is 7. The lowest BCUT2D eigenvalue weighted by Gasteiger charge is -2.36. The minimum atomic E-state index is -3.58. The van der Waals surface area contributed by atoms with Crippen molar-refractivity contribution >= 4 is 67.8 Å². The third-order valence-corrected chi connectivity index (χ3v) is 16.8. The quantitative estimate of drug-likeness (QED) is 0.0368. The fourth-order valence-corrected chi connectivity index (χ4v) is 11.4. The lowest BCUT2D eigenvalue weighted by molar-refractivity contribution is -0.122. The number of para-hydroxylation sites is 1. The van der Waals surface area contributed by atoms with Gasteiger partial charge in [-0.2, -0.15) is 4.98 Å². The topological polar surface area (TPSA) is 201 Å². The Morgan fingerprint density at radius 3 is 2.28 bits per heavy atom. The summed E-state index contributed by atoms with van der Waals surface area (Å²) < 4.78 is 63.7. The number of piperazine rings is 1. The Morgan fingerprint density at radius 2 is 1.53 bits per heavy atom. The van der Waals surface area contributed by atoms with Crippen LogP contribution in [-0.2, 0) is 28.8 Å². The molecule has 2 aromatic heterocycles. The Kier molecular flexibility index (Phi) is 21.7. The van der Waals surface area contributed by atoms with Crippen LogP contribution in [0.5, 0.6) is 5.75 Å². The number of halogens is 2. The van der Waals surface area contributed by atoms with Gasteiger partial charge in [-0.3, -0.25) is 14.6 Å². The van der Waals surface area contributed by atoms with Crippen molar-refractivity contribution in [2.45, 2.75) is 88.5 Å². The number of piperidine rings is 2. The molecular weight excluding hydrogens is 1050 g/mol. The number of likely N-dealkylation sites (tertiary alicyclic amines) is 1. The first-order chi connectivity index (χ1) is 38.2. The van der Waals surface area contributed by atoms with E-state index >= 15 is 0 Å². The van der Waals surface area contributed by atoms with E-state index in [-0.39, 0.29) is 51.5 Å². The van der Waals surface area contributed by atoms with Crippen LogP contribution >= 0.6 is 11.6 Å². The number of amides is 1. The van der Waals surface area contributed by atoms with Crippen molar-refractivity contribution < 1.29 is 36.6 Å². The van der Waals surface area contributed by atoms with E-state index in [1.165, 1.54) is 17.8 Å². The highest BCUT2D eigenvalue weighted by Crippen LogP contribution is 2.39. The van der Waals surface area contributed by atoms with Gasteiger partial charge in [0.25, 0.3) is 0 Å². The van der Waals surface area contributed by atoms with Crippen molar-refractivity contribution in [2.24, 2.45) is 0 Å². The summed E-state index contributed by atoms with van der Waals surface area (Å²) in [5, 5.41) is 12.6. The van der Waals surface area contributed by atoms with Gasteiger partial charge in [-0.25, -0.2) is 27.8 Å². The summed E-state index contributed by atoms with van der Waals surface area (Å²) >= 11 is 6.52. The molecule has 0 spiro atoms. The molecule has 3 aliphatic heterocycles. The van der Waals surface area contributed by atoms with Gasteiger partial charge in [0.1, 0.15) is 34.6 Å². The molecule has 428 valence electrons. The SMILES string of the molecule is Cc1cc(Nc2ncc(Cl)c(Nc3ccccc3S(=O)(=O)C(C)C)n2)c(OC(C)C)cc1C1CCN(CC(=O)NCCOCCOCCOCCN2CCN(c3cc(N[C@@H]4CCCN(c5cccc(F)c5)C4)ncn3)CC2)CC1. The summed E-state index contributed by atoms with van der Waals surface area (Å²) in [5.74, 6) is 2.96. The van der Waals surface area contributed by atoms with Crippen molar-refractivity contribution in [3.63, 3.8) is 0 Å². The van der Waals surface area contributed by atoms with Crippen LogP contribution in [0.25, 0.3) is 0 Å². The van der Waals surface area contributed by atoms with Crippen LogP contribution in [0.4, 0.5) is 44.9 Å². The van der Waals surface area contributed by atoms with Crippen molar-refractivity contribution in [3.8, 4) is 5.75 Å². The molecule has 4 N–H and O–H groups in total. The Bertz CT molecular complexity index is 2880. The number of ether oxygens (including phenoxy) is 4. The molecule has 79 heavy (non-hydrogen) atoms. The molecule has 1 amide bonds. The summed E-state index contributed by atoms with van der Waals surface area (Å²) in [4.78, 5) is 40.3. The number of carbonyl (C=O) groups is 1. The van der Waals surface area contributed by atoms with E-state index in [1.807, 2.05) is 32.0 Å². The lowest BCUT2D eigenvalue weighted by Crippen LogP contribution is -2.47. The number of hydrogen-bond donors (Lipinski definition) is 4. The normalized spacial score (nSPS) is 16.8. The molecule has 3 aromatic carbocycles. The molecule has 0 unspecified atom stereocenters. The average molecular weight is 1130 g/mol. The number of carbonyl (C=O) groups excluding carboxylic acids is 1. The van der Waals surface area contributed by atoms with Gasteiger partial charge in [0.15, 0.2) is 15.7 Å². The van der Waals surface area contributed by atoms with Gasteiger partial charge in [0.2, 0.25) is 11.9 Å². The summed E-state index contributed by atoms with van der Waals surface area (Å²) in [7, 11) is -3.58. The van der Waals surface area contributed by atoms with Gasteiger partial charge >= 0.3 is 0 Å². The maximum absolute atomic E-state index is 13.9. The number of aryl methyl sites for hydroxylation is 1. The van der Waals surface area contributed by atoms with Crippen LogP contribution < -0.4 is 35.8 Å². The predicted molar refractivity (Wildman–Crippen MR) is 309 cm³/mol. The molecule has 0 saturated carbocycles. The molecule has 3 saturated heterocycles. The molecule has 22 heteroatoms. The average Bonchev–Trinajstić information content (AvgIpc) is 3.53. The van der Waals surface area contributed by atoms with Gasteiger partial charge < -0.3 is 50.0 Å². The van der Waals surface area contributed by atoms with E-state index in [0.29, 0.717) is 69.9 Å². The minimum Gasteiger partial charge on any atom is -0.489 e. The Labute approximate surface area is 470 Å². The van der Waals surface area contributed by atoms with Crippen LogP contribution in [0, 0.1) is 12.7 Å². The molecular formula is C57H78ClFN12O7S. The van der Waals surface area contributed by atoms with Gasteiger partial charge in [0.05, 0.1) is 80.0 Å². The third-order valence-electron chi connectivity index (χ3n) is 14.3. The van der Waals surface area contributed by atoms with Crippen molar-refractivity contribution in [1.29, 1.82) is 0 Å². The molecule has 5 heterocycles. The highest BCUT2D eigenvalue weighted by atomic mass is 35.5. The molecule has 19 nitrogen and oxygen atoms in total. The zero-order valence-electron chi connectivity index (χ0n) is 46.3. The predicted octanol–water partition coefficient (Wildman–Crippen LogP) is 8.07. The van der Waals surface area contributed by atoms with E-state index in [0.717, 1.165) is 107 Å². The first-order valence-corrected chi connectivity index (χ1v) is 29.6. The summed E-state index contributed by atoms with van der Waals surface area (Å²) in [6.45, 7) is 20.7. The number of nitrogens with zero attached hydrogens (tertiary/aromatic N) is 8. The Hall–Kier alpha value is -5.94. The molecule has 3 fully saturated rings. The molecule has 0 bridgehead atoms. The Morgan fingerprint density at radius 1 is 0.785 bits per heavy atom. The molecule has 8 rings (SSSR count). The van der Waals surface area contributed by atoms with Crippen LogP contribution in [0.2, 0.25) is 5.02 Å². The number of nitrogens with one attached hydrogen (secondary N) is 4. The summed E-state index contributed by atoms with van der Waals surface area (Å²) in [5.41, 5.74) is 4.25. The van der Waals surface area contributed by atoms with Gasteiger partial charge in [-0.1, -0.05) is 29.8 Å². The van der Waals surface area contributed by atoms with E-state index in [1.54, 1.807) is 56.6 Å². The minimum absolute atomic E-state index is 0.0237. The highest BCUT2D eigenvalue weighted by molar-refractivity contribution is 7.92. The highest BCUT2D eigenvalue weighted by Gasteiger charge is 2.27. The number of sulfone groups is 1. The molecule has 0 radical (unpaired) electrons. The fourth-order valence-electron chi connectivity index (χ4n) is 10.1. The van der Waals surface area contributed by atoms with Crippen molar-refractivity contribution in [1.82, 2.24) is 35.1 Å². The van der Waals surface area contributed by atoms with E-state index < -0.39 is 15.1 Å². The number of rotatable bonds is 27. The fraction of sp³-hybridized carbons (Fsp3) is 0.526. The maximum Gasteiger partial charge on any atom is 0.234 e.